The first-order valence-corrected chi connectivity index (χ1v) is 6.90. The van der Waals surface area contributed by atoms with Gasteiger partial charge in [-0.1, -0.05) is 0 Å². The summed E-state index contributed by atoms with van der Waals surface area (Å²) < 4.78 is 2.21. The molecular formula is C13H25N5. The minimum absolute atomic E-state index is 0.986. The molecule has 1 aliphatic heterocycles. The fraction of sp³-hybridized carbons (Fsp3) is 0.769. The van der Waals surface area contributed by atoms with Gasteiger partial charge in [-0.15, -0.1) is 0 Å². The van der Waals surface area contributed by atoms with Gasteiger partial charge >= 0.3 is 0 Å². The highest BCUT2D eigenvalue weighted by Gasteiger charge is 2.11. The smallest absolute Gasteiger partial charge is 0.0948 e. The summed E-state index contributed by atoms with van der Waals surface area (Å²) >= 11 is 0. The van der Waals surface area contributed by atoms with Gasteiger partial charge in [-0.2, -0.15) is 0 Å². The summed E-state index contributed by atoms with van der Waals surface area (Å²) in [6.45, 7) is 11.1. The van der Waals surface area contributed by atoms with E-state index in [0.29, 0.717) is 0 Å². The molecule has 1 N–H and O–H groups in total. The van der Waals surface area contributed by atoms with Crippen LogP contribution < -0.4 is 5.32 Å². The Morgan fingerprint density at radius 3 is 2.89 bits per heavy atom. The third-order valence-electron chi connectivity index (χ3n) is 3.58. The Kier molecular flexibility index (Phi) is 5.16. The number of rotatable bonds is 6. The van der Waals surface area contributed by atoms with Crippen LogP contribution in [0.1, 0.15) is 12.6 Å². The van der Waals surface area contributed by atoms with E-state index in [1.807, 2.05) is 12.5 Å². The van der Waals surface area contributed by atoms with E-state index in [-0.39, 0.29) is 0 Å². The molecular weight excluding hydrogens is 226 g/mol. The quantitative estimate of drug-likeness (QED) is 0.786. The summed E-state index contributed by atoms with van der Waals surface area (Å²) in [5.74, 6) is 0. The van der Waals surface area contributed by atoms with Crippen molar-refractivity contribution in [3.63, 3.8) is 0 Å². The van der Waals surface area contributed by atoms with Crippen molar-refractivity contribution in [1.82, 2.24) is 24.7 Å². The summed E-state index contributed by atoms with van der Waals surface area (Å²) in [5, 5.41) is 3.39. The van der Waals surface area contributed by atoms with Crippen LogP contribution in [0, 0.1) is 0 Å². The first kappa shape index (κ1) is 13.5. The van der Waals surface area contributed by atoms with Crippen molar-refractivity contribution in [2.45, 2.75) is 20.0 Å². The zero-order valence-electron chi connectivity index (χ0n) is 11.6. The number of hydrogen-bond acceptors (Lipinski definition) is 4. The Balaban J connectivity index is 1.72. The third-order valence-corrected chi connectivity index (χ3v) is 3.58. The van der Waals surface area contributed by atoms with Crippen LogP contribution in [0.4, 0.5) is 0 Å². The molecule has 0 amide bonds. The average molecular weight is 251 g/mol. The molecule has 0 spiro atoms. The van der Waals surface area contributed by atoms with Gasteiger partial charge in [0.2, 0.25) is 0 Å². The largest absolute Gasteiger partial charge is 0.334 e. The Labute approximate surface area is 110 Å². The van der Waals surface area contributed by atoms with Crippen LogP contribution in [0.3, 0.4) is 0 Å². The van der Waals surface area contributed by atoms with Crippen LogP contribution in [-0.4, -0.2) is 65.7 Å². The molecule has 5 nitrogen and oxygen atoms in total. The number of hydrogen-bond donors (Lipinski definition) is 1. The Morgan fingerprint density at radius 1 is 1.39 bits per heavy atom. The molecule has 18 heavy (non-hydrogen) atoms. The van der Waals surface area contributed by atoms with Crippen molar-refractivity contribution < 1.29 is 0 Å². The van der Waals surface area contributed by atoms with Gasteiger partial charge < -0.3 is 9.88 Å². The number of nitrogens with one attached hydrogen (secondary N) is 1. The van der Waals surface area contributed by atoms with Gasteiger partial charge in [-0.3, -0.25) is 9.80 Å². The van der Waals surface area contributed by atoms with Gasteiger partial charge in [0.05, 0.1) is 12.0 Å². The maximum Gasteiger partial charge on any atom is 0.0948 e. The molecule has 1 saturated heterocycles. The highest BCUT2D eigenvalue weighted by Crippen LogP contribution is 2.03. The average Bonchev–Trinajstić information content (AvgIpc) is 2.85. The fourth-order valence-electron chi connectivity index (χ4n) is 2.37. The van der Waals surface area contributed by atoms with E-state index in [9.17, 15) is 0 Å². The molecule has 0 atom stereocenters. The van der Waals surface area contributed by atoms with E-state index >= 15 is 0 Å². The predicted molar refractivity (Wildman–Crippen MR) is 73.5 cm³/mol. The van der Waals surface area contributed by atoms with Gasteiger partial charge in [0.25, 0.3) is 0 Å². The summed E-state index contributed by atoms with van der Waals surface area (Å²) in [5.41, 5.74) is 1.31. The second-order valence-electron chi connectivity index (χ2n) is 5.00. The van der Waals surface area contributed by atoms with E-state index in [1.54, 1.807) is 0 Å². The fourth-order valence-corrected chi connectivity index (χ4v) is 2.37. The van der Waals surface area contributed by atoms with Crippen LogP contribution in [0.5, 0.6) is 0 Å². The number of likely N-dealkylation sites (N-methyl/N-ethyl adjacent to an activating group) is 1. The lowest BCUT2D eigenvalue weighted by Gasteiger charge is -2.29. The monoisotopic (exact) mass is 251 g/mol. The summed E-state index contributed by atoms with van der Waals surface area (Å²) in [4.78, 5) is 9.13. The number of nitrogens with zero attached hydrogens (tertiary/aromatic N) is 4. The molecule has 2 rings (SSSR count). The van der Waals surface area contributed by atoms with E-state index in [1.165, 1.54) is 25.3 Å². The third kappa shape index (κ3) is 3.80. The molecule has 0 aromatic carbocycles. The number of imidazole rings is 1. The molecule has 2 heterocycles. The van der Waals surface area contributed by atoms with Crippen molar-refractivity contribution in [3.8, 4) is 0 Å². The molecule has 1 aromatic heterocycles. The Hall–Kier alpha value is -0.910. The van der Waals surface area contributed by atoms with Gasteiger partial charge in [-0.05, 0) is 14.0 Å². The van der Waals surface area contributed by atoms with Crippen LogP contribution >= 0.6 is 0 Å². The summed E-state index contributed by atoms with van der Waals surface area (Å²) in [6.07, 6.45) is 3.89. The zero-order chi connectivity index (χ0) is 12.8. The molecule has 0 aliphatic carbocycles. The Bertz CT molecular complexity index is 343. The molecule has 1 fully saturated rings. The lowest BCUT2D eigenvalue weighted by molar-refractivity contribution is 0.201. The number of aryl methyl sites for hydroxylation is 1. The highest BCUT2D eigenvalue weighted by atomic mass is 15.2. The first-order chi connectivity index (χ1) is 8.79. The molecule has 102 valence electrons. The Morgan fingerprint density at radius 2 is 2.17 bits per heavy atom. The van der Waals surface area contributed by atoms with Gasteiger partial charge in [0.15, 0.2) is 0 Å². The van der Waals surface area contributed by atoms with Crippen molar-refractivity contribution in [3.05, 3.63) is 18.2 Å². The normalized spacial score (nSPS) is 17.5. The van der Waals surface area contributed by atoms with Crippen LogP contribution in [0.15, 0.2) is 12.5 Å². The van der Waals surface area contributed by atoms with E-state index in [2.05, 4.69) is 38.6 Å². The predicted octanol–water partition coefficient (Wildman–Crippen LogP) is 0.240. The second kappa shape index (κ2) is 6.87. The van der Waals surface area contributed by atoms with E-state index in [4.69, 9.17) is 0 Å². The summed E-state index contributed by atoms with van der Waals surface area (Å²) in [7, 11) is 2.19. The van der Waals surface area contributed by atoms with Gasteiger partial charge in [0, 0.05) is 58.6 Å². The van der Waals surface area contributed by atoms with Crippen LogP contribution in [0.25, 0.3) is 0 Å². The molecule has 0 unspecified atom stereocenters. The molecule has 5 heteroatoms. The molecule has 0 saturated carbocycles. The number of piperazine rings is 1. The van der Waals surface area contributed by atoms with Crippen molar-refractivity contribution in [1.29, 1.82) is 0 Å². The molecule has 0 radical (unpaired) electrons. The summed E-state index contributed by atoms with van der Waals surface area (Å²) in [6, 6.07) is 0. The minimum atomic E-state index is 0.986. The van der Waals surface area contributed by atoms with Crippen molar-refractivity contribution in [2.75, 3.05) is 46.3 Å². The first-order valence-electron chi connectivity index (χ1n) is 6.90. The van der Waals surface area contributed by atoms with Crippen molar-refractivity contribution in [2.24, 2.45) is 0 Å². The SMILES string of the molecule is CCn1cncc1CN(C)CCN1CCNCC1. The van der Waals surface area contributed by atoms with Gasteiger partial charge in [0.1, 0.15) is 0 Å². The maximum atomic E-state index is 4.21. The zero-order valence-corrected chi connectivity index (χ0v) is 11.6. The van der Waals surface area contributed by atoms with E-state index in [0.717, 1.165) is 32.7 Å². The van der Waals surface area contributed by atoms with Crippen LogP contribution in [-0.2, 0) is 13.1 Å². The van der Waals surface area contributed by atoms with Crippen LogP contribution in [0.2, 0.25) is 0 Å². The topological polar surface area (TPSA) is 36.3 Å². The minimum Gasteiger partial charge on any atom is -0.334 e. The van der Waals surface area contributed by atoms with E-state index < -0.39 is 0 Å². The molecule has 1 aromatic rings. The lowest BCUT2D eigenvalue weighted by Crippen LogP contribution is -2.45. The second-order valence-corrected chi connectivity index (χ2v) is 5.00. The highest BCUT2D eigenvalue weighted by molar-refractivity contribution is 4.97. The number of aromatic nitrogens is 2. The molecule has 1 aliphatic rings. The lowest BCUT2D eigenvalue weighted by atomic mass is 10.3. The van der Waals surface area contributed by atoms with Gasteiger partial charge in [-0.25, -0.2) is 4.98 Å². The molecule has 0 bridgehead atoms. The standard InChI is InChI=1S/C13H25N5/c1-3-18-12-15-10-13(18)11-16(2)8-9-17-6-4-14-5-7-17/h10,12,14H,3-9,11H2,1-2H3. The maximum absolute atomic E-state index is 4.21. The van der Waals surface area contributed by atoms with Crippen molar-refractivity contribution >= 4 is 0 Å².